The highest BCUT2D eigenvalue weighted by Crippen LogP contribution is 2.25. The minimum atomic E-state index is -0.763. The minimum Gasteiger partial charge on any atom is -0.395 e. The highest BCUT2D eigenvalue weighted by atomic mass is 35.5. The van der Waals surface area contributed by atoms with Crippen molar-refractivity contribution >= 4 is 40.6 Å². The highest BCUT2D eigenvalue weighted by Gasteiger charge is 2.23. The van der Waals surface area contributed by atoms with E-state index < -0.39 is 11.7 Å². The lowest BCUT2D eigenvalue weighted by atomic mass is 10.0. The molecule has 2 aromatic rings. The van der Waals surface area contributed by atoms with Crippen LogP contribution in [0.25, 0.3) is 0 Å². The van der Waals surface area contributed by atoms with Crippen LogP contribution in [0.5, 0.6) is 0 Å². The predicted octanol–water partition coefficient (Wildman–Crippen LogP) is 3.65. The zero-order chi connectivity index (χ0) is 20.1. The largest absolute Gasteiger partial charge is 0.395 e. The van der Waals surface area contributed by atoms with Crippen LogP contribution in [0.3, 0.4) is 0 Å². The number of pyridine rings is 1. The summed E-state index contributed by atoms with van der Waals surface area (Å²) >= 11 is 11.8. The molecule has 1 amide bonds. The van der Waals surface area contributed by atoms with Crippen molar-refractivity contribution in [2.45, 2.75) is 18.9 Å². The van der Waals surface area contributed by atoms with Crippen molar-refractivity contribution in [1.29, 1.82) is 0 Å². The number of carbonyl (C=O) groups is 1. The van der Waals surface area contributed by atoms with Gasteiger partial charge in [-0.2, -0.15) is 0 Å². The first-order chi connectivity index (χ1) is 13.5. The number of β-amino-alcohol motifs (C(OH)–C–C–N with tert-alkyl or cyclic N) is 1. The van der Waals surface area contributed by atoms with E-state index in [0.29, 0.717) is 17.3 Å². The molecule has 0 bridgehead atoms. The Hall–Kier alpha value is -1.93. The summed E-state index contributed by atoms with van der Waals surface area (Å²) in [4.78, 5) is 18.9. The number of nitrogens with zero attached hydrogens (tertiary/aromatic N) is 2. The standard InChI is InChI=1S/C19H21Cl2FN4O2/c20-12-2-1-3-14(10-12)24-19(28)15-11-16(22)17(21)25-18(15)23-13-4-6-26(7-5-13)8-9-27/h1-3,10-11,13,27H,4-9H2,(H,23,25)(H,24,28). The number of aliphatic hydroxyl groups is 1. The van der Waals surface area contributed by atoms with Crippen LogP contribution in [-0.2, 0) is 0 Å². The van der Waals surface area contributed by atoms with Gasteiger partial charge in [0.25, 0.3) is 5.91 Å². The topological polar surface area (TPSA) is 77.5 Å². The fraction of sp³-hybridized carbons (Fsp3) is 0.368. The van der Waals surface area contributed by atoms with Crippen molar-refractivity contribution in [3.8, 4) is 0 Å². The monoisotopic (exact) mass is 426 g/mol. The van der Waals surface area contributed by atoms with Gasteiger partial charge in [-0.05, 0) is 37.1 Å². The Labute approximate surface area is 172 Å². The van der Waals surface area contributed by atoms with Crippen molar-refractivity contribution in [2.75, 3.05) is 36.9 Å². The van der Waals surface area contributed by atoms with Gasteiger partial charge in [-0.1, -0.05) is 29.3 Å². The summed E-state index contributed by atoms with van der Waals surface area (Å²) in [6.45, 7) is 2.40. The van der Waals surface area contributed by atoms with Crippen LogP contribution < -0.4 is 10.6 Å². The molecule has 2 heterocycles. The molecule has 9 heteroatoms. The predicted molar refractivity (Wildman–Crippen MR) is 109 cm³/mol. The van der Waals surface area contributed by atoms with E-state index in [9.17, 15) is 9.18 Å². The summed E-state index contributed by atoms with van der Waals surface area (Å²) in [6, 6.07) is 7.84. The number of carbonyl (C=O) groups excluding carboxylic acids is 1. The van der Waals surface area contributed by atoms with Gasteiger partial charge in [0.05, 0.1) is 12.2 Å². The summed E-state index contributed by atoms with van der Waals surface area (Å²) in [5.74, 6) is -1.03. The zero-order valence-corrected chi connectivity index (χ0v) is 16.6. The second kappa shape index (κ2) is 9.52. The lowest BCUT2D eigenvalue weighted by Crippen LogP contribution is -2.40. The Morgan fingerprint density at radius 2 is 2.04 bits per heavy atom. The Morgan fingerprint density at radius 3 is 2.71 bits per heavy atom. The lowest BCUT2D eigenvalue weighted by Gasteiger charge is -2.32. The van der Waals surface area contributed by atoms with Crippen molar-refractivity contribution in [1.82, 2.24) is 9.88 Å². The average molecular weight is 427 g/mol. The van der Waals surface area contributed by atoms with E-state index in [0.717, 1.165) is 32.0 Å². The van der Waals surface area contributed by atoms with Crippen molar-refractivity contribution in [3.05, 3.63) is 51.9 Å². The molecule has 1 aromatic heterocycles. The molecule has 1 fully saturated rings. The Morgan fingerprint density at radius 1 is 1.29 bits per heavy atom. The molecule has 3 N–H and O–H groups in total. The maximum absolute atomic E-state index is 14.0. The third-order valence-corrected chi connectivity index (χ3v) is 5.11. The summed E-state index contributed by atoms with van der Waals surface area (Å²) in [5, 5.41) is 15.1. The number of nitrogens with one attached hydrogen (secondary N) is 2. The van der Waals surface area contributed by atoms with Crippen molar-refractivity contribution in [3.63, 3.8) is 0 Å². The van der Waals surface area contributed by atoms with Gasteiger partial charge < -0.3 is 20.6 Å². The van der Waals surface area contributed by atoms with E-state index in [1.54, 1.807) is 24.3 Å². The number of likely N-dealkylation sites (tertiary alicyclic amines) is 1. The van der Waals surface area contributed by atoms with Crippen LogP contribution >= 0.6 is 23.2 Å². The number of amides is 1. The van der Waals surface area contributed by atoms with E-state index >= 15 is 0 Å². The molecule has 0 atom stereocenters. The van der Waals surface area contributed by atoms with Crippen molar-refractivity contribution in [2.24, 2.45) is 0 Å². The van der Waals surface area contributed by atoms with Gasteiger partial charge in [0, 0.05) is 36.4 Å². The van der Waals surface area contributed by atoms with Gasteiger partial charge in [0.1, 0.15) is 5.82 Å². The number of hydrogen-bond donors (Lipinski definition) is 3. The Bertz CT molecular complexity index is 845. The number of benzene rings is 1. The SMILES string of the molecule is O=C(Nc1cccc(Cl)c1)c1cc(F)c(Cl)nc1NC1CCN(CCO)CC1. The van der Waals surface area contributed by atoms with Crippen LogP contribution in [-0.4, -0.2) is 53.2 Å². The van der Waals surface area contributed by atoms with E-state index in [1.165, 1.54) is 0 Å². The molecule has 1 aromatic carbocycles. The number of aliphatic hydroxyl groups excluding tert-OH is 1. The number of halogens is 3. The maximum Gasteiger partial charge on any atom is 0.259 e. The summed E-state index contributed by atoms with van der Waals surface area (Å²) in [6.07, 6.45) is 1.62. The first kappa shape index (κ1) is 20.8. The molecule has 0 saturated carbocycles. The molecule has 150 valence electrons. The number of anilines is 2. The lowest BCUT2D eigenvalue weighted by molar-refractivity contribution is 0.102. The molecule has 0 unspecified atom stereocenters. The third-order valence-electron chi connectivity index (χ3n) is 4.60. The van der Waals surface area contributed by atoms with Crippen LogP contribution in [0, 0.1) is 5.82 Å². The minimum absolute atomic E-state index is 0.0691. The molecule has 28 heavy (non-hydrogen) atoms. The number of rotatable bonds is 6. The second-order valence-corrected chi connectivity index (χ2v) is 7.40. The average Bonchev–Trinajstić information content (AvgIpc) is 2.66. The van der Waals surface area contributed by atoms with Gasteiger partial charge in [0.2, 0.25) is 0 Å². The number of piperidine rings is 1. The van der Waals surface area contributed by atoms with Crippen LogP contribution in [0.15, 0.2) is 30.3 Å². The molecule has 0 spiro atoms. The van der Waals surface area contributed by atoms with E-state index in [-0.39, 0.29) is 29.2 Å². The molecule has 1 saturated heterocycles. The molecule has 3 rings (SSSR count). The molecule has 1 aliphatic heterocycles. The summed E-state index contributed by atoms with van der Waals surface area (Å²) in [5.41, 5.74) is 0.566. The first-order valence-electron chi connectivity index (χ1n) is 8.99. The molecule has 0 radical (unpaired) electrons. The van der Waals surface area contributed by atoms with Gasteiger partial charge in [-0.25, -0.2) is 9.37 Å². The second-order valence-electron chi connectivity index (χ2n) is 6.61. The smallest absolute Gasteiger partial charge is 0.259 e. The van der Waals surface area contributed by atoms with E-state index in [2.05, 4.69) is 20.5 Å². The maximum atomic E-state index is 14.0. The van der Waals surface area contributed by atoms with Crippen LogP contribution in [0.4, 0.5) is 15.9 Å². The normalized spacial score (nSPS) is 15.4. The van der Waals surface area contributed by atoms with Crippen molar-refractivity contribution < 1.29 is 14.3 Å². The van der Waals surface area contributed by atoms with Gasteiger partial charge in [-0.15, -0.1) is 0 Å². The highest BCUT2D eigenvalue weighted by molar-refractivity contribution is 6.31. The van der Waals surface area contributed by atoms with Crippen LogP contribution in [0.2, 0.25) is 10.2 Å². The number of hydrogen-bond acceptors (Lipinski definition) is 5. The number of aromatic nitrogens is 1. The Balaban J connectivity index is 1.76. The van der Waals surface area contributed by atoms with Gasteiger partial charge >= 0.3 is 0 Å². The molecular weight excluding hydrogens is 406 g/mol. The molecule has 1 aliphatic rings. The van der Waals surface area contributed by atoms with Crippen LogP contribution in [0.1, 0.15) is 23.2 Å². The quantitative estimate of drug-likeness (QED) is 0.614. The van der Waals surface area contributed by atoms with Gasteiger partial charge in [0.15, 0.2) is 11.0 Å². The fourth-order valence-corrected chi connectivity index (χ4v) is 3.48. The van der Waals surface area contributed by atoms with E-state index in [4.69, 9.17) is 28.3 Å². The Kier molecular flexibility index (Phi) is 7.07. The molecule has 0 aliphatic carbocycles. The zero-order valence-electron chi connectivity index (χ0n) is 15.1. The molecular formula is C19H21Cl2FN4O2. The molecule has 6 nitrogen and oxygen atoms in total. The van der Waals surface area contributed by atoms with Gasteiger partial charge in [-0.3, -0.25) is 4.79 Å². The fourth-order valence-electron chi connectivity index (χ4n) is 3.15. The first-order valence-corrected chi connectivity index (χ1v) is 9.74. The summed E-state index contributed by atoms with van der Waals surface area (Å²) in [7, 11) is 0. The summed E-state index contributed by atoms with van der Waals surface area (Å²) < 4.78 is 14.0. The third kappa shape index (κ3) is 5.32. The van der Waals surface area contributed by atoms with E-state index in [1.807, 2.05) is 0 Å².